The lowest BCUT2D eigenvalue weighted by Crippen LogP contribution is -2.49. The van der Waals surface area contributed by atoms with Gasteiger partial charge in [0.25, 0.3) is 0 Å². The van der Waals surface area contributed by atoms with Gasteiger partial charge in [-0.3, -0.25) is 4.90 Å². The Hall–Kier alpha value is -0.600. The number of hydrogen-bond acceptors (Lipinski definition) is 1. The molecule has 2 fully saturated rings. The minimum absolute atomic E-state index is 0. The van der Waals surface area contributed by atoms with Crippen LogP contribution in [0.15, 0.2) is 24.3 Å². The van der Waals surface area contributed by atoms with Gasteiger partial charge in [-0.1, -0.05) is 37.8 Å². The average molecular weight is 298 g/mol. The van der Waals surface area contributed by atoms with Gasteiger partial charge in [-0.2, -0.15) is 0 Å². The number of rotatable bonds is 2. The monoisotopic (exact) mass is 297 g/mol. The molecule has 1 aromatic carbocycles. The molecule has 112 valence electrons. The number of benzene rings is 1. The molecule has 0 spiro atoms. The van der Waals surface area contributed by atoms with E-state index < -0.39 is 0 Å². The van der Waals surface area contributed by atoms with E-state index in [-0.39, 0.29) is 23.8 Å². The van der Waals surface area contributed by atoms with E-state index in [4.69, 9.17) is 0 Å². The molecule has 1 aliphatic carbocycles. The first kappa shape index (κ1) is 15.8. The Morgan fingerprint density at radius 1 is 0.900 bits per heavy atom. The van der Waals surface area contributed by atoms with Gasteiger partial charge in [-0.25, -0.2) is 4.39 Å². The molecule has 0 amide bonds. The molecule has 3 heteroatoms. The van der Waals surface area contributed by atoms with Crippen molar-refractivity contribution < 1.29 is 4.39 Å². The topological polar surface area (TPSA) is 3.24 Å². The Morgan fingerprint density at radius 3 is 2.20 bits per heavy atom. The van der Waals surface area contributed by atoms with Crippen LogP contribution in [0.25, 0.3) is 0 Å². The summed E-state index contributed by atoms with van der Waals surface area (Å²) < 4.78 is 13.6. The molecule has 0 atom stereocenters. The summed E-state index contributed by atoms with van der Waals surface area (Å²) in [7, 11) is 0. The van der Waals surface area contributed by atoms with Gasteiger partial charge in [-0.05, 0) is 56.5 Å². The third-order valence-electron chi connectivity index (χ3n) is 5.00. The summed E-state index contributed by atoms with van der Waals surface area (Å²) in [5, 5.41) is 0. The molecule has 3 rings (SSSR count). The van der Waals surface area contributed by atoms with Gasteiger partial charge in [0.1, 0.15) is 5.82 Å². The number of halogens is 2. The molecule has 0 aromatic heterocycles. The molecule has 0 N–H and O–H groups in total. The predicted molar refractivity (Wildman–Crippen MR) is 83.8 cm³/mol. The second-order valence-corrected chi connectivity index (χ2v) is 6.15. The van der Waals surface area contributed by atoms with Crippen molar-refractivity contribution in [1.82, 2.24) is 4.90 Å². The van der Waals surface area contributed by atoms with Gasteiger partial charge in [-0.15, -0.1) is 12.4 Å². The van der Waals surface area contributed by atoms with E-state index in [1.807, 2.05) is 6.07 Å². The summed E-state index contributed by atoms with van der Waals surface area (Å²) in [6, 6.07) is 7.37. The first-order valence-electron chi connectivity index (χ1n) is 7.82. The van der Waals surface area contributed by atoms with Crippen molar-refractivity contribution in [2.45, 2.75) is 56.9 Å². The van der Waals surface area contributed by atoms with Crippen LogP contribution in [0, 0.1) is 5.82 Å². The fourth-order valence-corrected chi connectivity index (χ4v) is 4.02. The zero-order valence-electron chi connectivity index (χ0n) is 12.1. The lowest BCUT2D eigenvalue weighted by Gasteiger charge is -2.48. The Balaban J connectivity index is 0.00000147. The third kappa shape index (κ3) is 3.01. The van der Waals surface area contributed by atoms with Crippen LogP contribution in [0.2, 0.25) is 0 Å². The average Bonchev–Trinajstić information content (AvgIpc) is 2.49. The van der Waals surface area contributed by atoms with Crippen LogP contribution < -0.4 is 0 Å². The zero-order chi connectivity index (χ0) is 13.1. The van der Waals surface area contributed by atoms with Gasteiger partial charge in [0.05, 0.1) is 0 Å². The standard InChI is InChI=1S/C17H24FN.ClH/c18-16-9-7-8-15(14-16)17(10-3-1-4-11-17)19-12-5-2-6-13-19;/h7-9,14H,1-6,10-13H2;1H. The fraction of sp³-hybridized carbons (Fsp3) is 0.647. The summed E-state index contributed by atoms with van der Waals surface area (Å²) in [5.41, 5.74) is 1.34. The van der Waals surface area contributed by atoms with E-state index in [0.29, 0.717) is 0 Å². The molecule has 1 heterocycles. The SMILES string of the molecule is Cl.Fc1cccc(C2(N3CCCCC3)CCCCC2)c1. The van der Waals surface area contributed by atoms with E-state index in [1.54, 1.807) is 12.1 Å². The minimum Gasteiger partial charge on any atom is -0.294 e. The smallest absolute Gasteiger partial charge is 0.123 e. The molecule has 0 unspecified atom stereocenters. The van der Waals surface area contributed by atoms with Crippen LogP contribution in [0.3, 0.4) is 0 Å². The van der Waals surface area contributed by atoms with Crippen molar-refractivity contribution in [3.63, 3.8) is 0 Å². The maximum atomic E-state index is 13.6. The lowest BCUT2D eigenvalue weighted by molar-refractivity contribution is 0.0301. The molecular formula is C17H25ClFN. The molecule has 2 aliphatic rings. The van der Waals surface area contributed by atoms with Crippen molar-refractivity contribution in [2.75, 3.05) is 13.1 Å². The lowest BCUT2D eigenvalue weighted by atomic mass is 9.74. The third-order valence-corrected chi connectivity index (χ3v) is 5.00. The van der Waals surface area contributed by atoms with Crippen LogP contribution in [-0.4, -0.2) is 18.0 Å². The van der Waals surface area contributed by atoms with E-state index in [0.717, 1.165) is 0 Å². The van der Waals surface area contributed by atoms with Crippen LogP contribution in [0.4, 0.5) is 4.39 Å². The van der Waals surface area contributed by atoms with E-state index in [2.05, 4.69) is 11.0 Å². The second kappa shape index (κ2) is 6.91. The summed E-state index contributed by atoms with van der Waals surface area (Å²) >= 11 is 0. The molecule has 0 radical (unpaired) electrons. The first-order chi connectivity index (χ1) is 9.31. The van der Waals surface area contributed by atoms with Crippen molar-refractivity contribution in [1.29, 1.82) is 0 Å². The molecule has 1 nitrogen and oxygen atoms in total. The van der Waals surface area contributed by atoms with E-state index in [1.165, 1.54) is 70.0 Å². The van der Waals surface area contributed by atoms with E-state index >= 15 is 0 Å². The van der Waals surface area contributed by atoms with Crippen molar-refractivity contribution in [3.05, 3.63) is 35.6 Å². The van der Waals surface area contributed by atoms with Crippen molar-refractivity contribution in [3.8, 4) is 0 Å². The summed E-state index contributed by atoms with van der Waals surface area (Å²) in [6.07, 6.45) is 10.3. The van der Waals surface area contributed by atoms with Gasteiger partial charge >= 0.3 is 0 Å². The van der Waals surface area contributed by atoms with Crippen LogP contribution >= 0.6 is 12.4 Å². The van der Waals surface area contributed by atoms with Crippen LogP contribution in [0.1, 0.15) is 56.9 Å². The maximum absolute atomic E-state index is 13.6. The highest BCUT2D eigenvalue weighted by Gasteiger charge is 2.39. The quantitative estimate of drug-likeness (QED) is 0.751. The fourth-order valence-electron chi connectivity index (χ4n) is 4.02. The number of nitrogens with zero attached hydrogens (tertiary/aromatic N) is 1. The van der Waals surface area contributed by atoms with E-state index in [9.17, 15) is 4.39 Å². The first-order valence-corrected chi connectivity index (χ1v) is 7.82. The van der Waals surface area contributed by atoms with Gasteiger partial charge in [0, 0.05) is 5.54 Å². The minimum atomic E-state index is -0.0838. The Bertz CT molecular complexity index is 423. The number of hydrogen-bond donors (Lipinski definition) is 0. The summed E-state index contributed by atoms with van der Waals surface area (Å²) in [4.78, 5) is 2.66. The van der Waals surface area contributed by atoms with Crippen LogP contribution in [0.5, 0.6) is 0 Å². The zero-order valence-corrected chi connectivity index (χ0v) is 12.9. The van der Waals surface area contributed by atoms with Gasteiger partial charge in [0.2, 0.25) is 0 Å². The second-order valence-electron chi connectivity index (χ2n) is 6.15. The van der Waals surface area contributed by atoms with Crippen molar-refractivity contribution >= 4 is 12.4 Å². The highest BCUT2D eigenvalue weighted by Crippen LogP contribution is 2.43. The molecule has 1 aromatic rings. The maximum Gasteiger partial charge on any atom is 0.123 e. The Kier molecular flexibility index (Phi) is 5.45. The molecule has 1 saturated carbocycles. The van der Waals surface area contributed by atoms with Crippen molar-refractivity contribution in [2.24, 2.45) is 0 Å². The summed E-state index contributed by atoms with van der Waals surface area (Å²) in [5.74, 6) is -0.0838. The van der Waals surface area contributed by atoms with Gasteiger partial charge in [0.15, 0.2) is 0 Å². The molecular weight excluding hydrogens is 273 g/mol. The Labute approximate surface area is 128 Å². The molecule has 20 heavy (non-hydrogen) atoms. The number of likely N-dealkylation sites (tertiary alicyclic amines) is 1. The normalized spacial score (nSPS) is 23.1. The predicted octanol–water partition coefficient (Wildman–Crippen LogP) is 4.89. The molecule has 1 saturated heterocycles. The largest absolute Gasteiger partial charge is 0.294 e. The molecule has 1 aliphatic heterocycles. The number of piperidine rings is 1. The van der Waals surface area contributed by atoms with Gasteiger partial charge < -0.3 is 0 Å². The van der Waals surface area contributed by atoms with Crippen LogP contribution in [-0.2, 0) is 5.54 Å². The summed E-state index contributed by atoms with van der Waals surface area (Å²) in [6.45, 7) is 2.38. The highest BCUT2D eigenvalue weighted by molar-refractivity contribution is 5.85. The molecule has 0 bridgehead atoms. The Morgan fingerprint density at radius 2 is 1.55 bits per heavy atom. The highest BCUT2D eigenvalue weighted by atomic mass is 35.5.